The summed E-state index contributed by atoms with van der Waals surface area (Å²) >= 11 is 0. The number of nitrogens with zero attached hydrogens (tertiary/aromatic N) is 2. The minimum absolute atomic E-state index is 0. The monoisotopic (exact) mass is 353 g/mol. The number of fused-ring (bicyclic) bond motifs is 1. The van der Waals surface area contributed by atoms with E-state index in [2.05, 4.69) is 5.32 Å². The molecule has 0 spiro atoms. The summed E-state index contributed by atoms with van der Waals surface area (Å²) < 4.78 is 0. The van der Waals surface area contributed by atoms with Gasteiger partial charge < -0.3 is 10.2 Å². The Hall–Kier alpha value is -1.66. The molecule has 1 saturated heterocycles. The molecule has 1 heterocycles. The Morgan fingerprint density at radius 2 is 2.17 bits per heavy atom. The number of para-hydroxylation sites is 1. The van der Waals surface area contributed by atoms with Gasteiger partial charge in [0.15, 0.2) is 0 Å². The maximum Gasteiger partial charge on any atom is 0.274 e. The molecule has 132 valence electrons. The first kappa shape index (κ1) is 18.7. The molecule has 24 heavy (non-hydrogen) atoms. The van der Waals surface area contributed by atoms with Gasteiger partial charge in [-0.05, 0) is 25.3 Å². The van der Waals surface area contributed by atoms with Gasteiger partial charge in [-0.15, -0.1) is 12.4 Å². The lowest BCUT2D eigenvalue weighted by molar-refractivity contribution is -0.385. The van der Waals surface area contributed by atoms with Crippen LogP contribution in [0.5, 0.6) is 0 Å². The number of nitrogens with one attached hydrogen (secondary N) is 1. The smallest absolute Gasteiger partial charge is 0.274 e. The van der Waals surface area contributed by atoms with Crippen LogP contribution >= 0.6 is 12.4 Å². The van der Waals surface area contributed by atoms with E-state index in [1.165, 1.54) is 12.5 Å². The van der Waals surface area contributed by atoms with Crippen molar-refractivity contribution >= 4 is 24.0 Å². The Bertz CT molecular complexity index is 625. The first-order chi connectivity index (χ1) is 11.0. The zero-order valence-electron chi connectivity index (χ0n) is 13.9. The van der Waals surface area contributed by atoms with E-state index in [0.29, 0.717) is 11.5 Å². The van der Waals surface area contributed by atoms with Crippen molar-refractivity contribution in [1.82, 2.24) is 10.2 Å². The average molecular weight is 354 g/mol. The molecule has 0 unspecified atom stereocenters. The van der Waals surface area contributed by atoms with Gasteiger partial charge in [0.2, 0.25) is 5.91 Å². The second kappa shape index (κ2) is 7.49. The van der Waals surface area contributed by atoms with Gasteiger partial charge in [0.25, 0.3) is 5.69 Å². The molecule has 1 N–H and O–H groups in total. The molecule has 0 aromatic heterocycles. The Balaban J connectivity index is 0.00000208. The molecule has 7 heteroatoms. The van der Waals surface area contributed by atoms with E-state index >= 15 is 0 Å². The quantitative estimate of drug-likeness (QED) is 0.667. The van der Waals surface area contributed by atoms with Gasteiger partial charge in [-0.25, -0.2) is 0 Å². The van der Waals surface area contributed by atoms with Crippen LogP contribution < -0.4 is 5.32 Å². The molecular formula is C17H24ClN3O3. The van der Waals surface area contributed by atoms with Crippen LogP contribution in [0.1, 0.15) is 31.2 Å². The molecule has 2 atom stereocenters. The molecule has 1 aromatic carbocycles. The van der Waals surface area contributed by atoms with Crippen LogP contribution in [0.2, 0.25) is 0 Å². The van der Waals surface area contributed by atoms with Crippen LogP contribution in [-0.2, 0) is 11.3 Å². The van der Waals surface area contributed by atoms with Crippen molar-refractivity contribution in [3.63, 3.8) is 0 Å². The van der Waals surface area contributed by atoms with E-state index in [0.717, 1.165) is 32.4 Å². The summed E-state index contributed by atoms with van der Waals surface area (Å²) in [4.78, 5) is 25.5. The fraction of sp³-hybridized carbons (Fsp3) is 0.588. The third-order valence-corrected chi connectivity index (χ3v) is 5.41. The fourth-order valence-electron chi connectivity index (χ4n) is 4.20. The summed E-state index contributed by atoms with van der Waals surface area (Å²) in [7, 11) is 1.76. The molecule has 3 rings (SSSR count). The maximum absolute atomic E-state index is 13.1. The first-order valence-electron chi connectivity index (χ1n) is 8.23. The molecule has 0 bridgehead atoms. The SMILES string of the molecule is CN(Cc1ccccc1[N+](=O)[O-])C(=O)[C@@]12CCCC[C@H]1CNC2.Cl. The third kappa shape index (κ3) is 3.26. The van der Waals surface area contributed by atoms with E-state index in [4.69, 9.17) is 0 Å². The predicted octanol–water partition coefficient (Wildman–Crippen LogP) is 2.75. The van der Waals surface area contributed by atoms with Crippen molar-refractivity contribution in [2.24, 2.45) is 11.3 Å². The maximum atomic E-state index is 13.1. The van der Waals surface area contributed by atoms with Gasteiger partial charge in [0.05, 0.1) is 16.9 Å². The highest BCUT2D eigenvalue weighted by Gasteiger charge is 2.50. The molecule has 2 aliphatic rings. The number of carbonyl (C=O) groups excluding carboxylic acids is 1. The van der Waals surface area contributed by atoms with Crippen molar-refractivity contribution in [3.05, 3.63) is 39.9 Å². The Morgan fingerprint density at radius 3 is 2.92 bits per heavy atom. The molecule has 0 radical (unpaired) electrons. The fourth-order valence-corrected chi connectivity index (χ4v) is 4.20. The van der Waals surface area contributed by atoms with E-state index in [1.54, 1.807) is 30.1 Å². The van der Waals surface area contributed by atoms with Crippen molar-refractivity contribution in [1.29, 1.82) is 0 Å². The minimum atomic E-state index is -0.382. The van der Waals surface area contributed by atoms with Crippen LogP contribution in [0.25, 0.3) is 0 Å². The number of benzene rings is 1. The minimum Gasteiger partial charge on any atom is -0.341 e. The lowest BCUT2D eigenvalue weighted by atomic mass is 9.67. The van der Waals surface area contributed by atoms with E-state index < -0.39 is 0 Å². The Morgan fingerprint density at radius 1 is 1.42 bits per heavy atom. The number of carbonyl (C=O) groups is 1. The summed E-state index contributed by atoms with van der Waals surface area (Å²) in [5.41, 5.74) is 0.355. The normalized spacial score (nSPS) is 25.5. The van der Waals surface area contributed by atoms with Gasteiger partial charge in [-0.2, -0.15) is 0 Å². The second-order valence-electron chi connectivity index (χ2n) is 6.78. The van der Waals surface area contributed by atoms with Crippen molar-refractivity contribution in [2.75, 3.05) is 20.1 Å². The third-order valence-electron chi connectivity index (χ3n) is 5.41. The molecule has 1 amide bonds. The van der Waals surface area contributed by atoms with Crippen LogP contribution in [-0.4, -0.2) is 35.9 Å². The topological polar surface area (TPSA) is 75.5 Å². The summed E-state index contributed by atoms with van der Waals surface area (Å²) in [5, 5.41) is 14.5. The number of hydrogen-bond acceptors (Lipinski definition) is 4. The largest absolute Gasteiger partial charge is 0.341 e. The number of nitro benzene ring substituents is 1. The summed E-state index contributed by atoms with van der Waals surface area (Å²) in [6.07, 6.45) is 4.29. The number of amides is 1. The van der Waals surface area contributed by atoms with Crippen molar-refractivity contribution in [3.8, 4) is 0 Å². The van der Waals surface area contributed by atoms with Crippen LogP contribution in [0.4, 0.5) is 5.69 Å². The standard InChI is InChI=1S/C17H23N3O3.ClH/c1-19(11-13-6-2-3-8-15(13)20(22)23)16(21)17-9-5-4-7-14(17)10-18-12-17;/h2-3,6,8,14,18H,4-5,7,9-12H2,1H3;1H/t14-,17+;/m0./s1. The van der Waals surface area contributed by atoms with E-state index in [1.807, 2.05) is 0 Å². The van der Waals surface area contributed by atoms with Crippen LogP contribution in [0.3, 0.4) is 0 Å². The molecule has 1 aromatic rings. The predicted molar refractivity (Wildman–Crippen MR) is 94.1 cm³/mol. The van der Waals surface area contributed by atoms with E-state index in [9.17, 15) is 14.9 Å². The number of halogens is 1. The summed E-state index contributed by atoms with van der Waals surface area (Å²) in [5.74, 6) is 0.530. The van der Waals surface area contributed by atoms with Crippen LogP contribution in [0, 0.1) is 21.4 Å². The van der Waals surface area contributed by atoms with Gasteiger partial charge in [0.1, 0.15) is 0 Å². The number of hydrogen-bond donors (Lipinski definition) is 1. The molecule has 1 saturated carbocycles. The Kier molecular flexibility index (Phi) is 5.83. The van der Waals surface area contributed by atoms with Gasteiger partial charge >= 0.3 is 0 Å². The number of rotatable bonds is 4. The van der Waals surface area contributed by atoms with Crippen molar-refractivity contribution < 1.29 is 9.72 Å². The first-order valence-corrected chi connectivity index (χ1v) is 8.23. The lowest BCUT2D eigenvalue weighted by Crippen LogP contribution is -2.48. The molecule has 1 aliphatic carbocycles. The average Bonchev–Trinajstić information content (AvgIpc) is 2.99. The Labute approximate surface area is 148 Å². The van der Waals surface area contributed by atoms with E-state index in [-0.39, 0.29) is 40.9 Å². The summed E-state index contributed by atoms with van der Waals surface area (Å²) in [6.45, 7) is 1.92. The zero-order valence-corrected chi connectivity index (χ0v) is 14.7. The second-order valence-corrected chi connectivity index (χ2v) is 6.78. The highest BCUT2D eigenvalue weighted by atomic mass is 35.5. The molecule has 2 fully saturated rings. The number of nitro groups is 1. The zero-order chi connectivity index (χ0) is 16.4. The van der Waals surface area contributed by atoms with Gasteiger partial charge in [-0.1, -0.05) is 31.0 Å². The van der Waals surface area contributed by atoms with Crippen LogP contribution in [0.15, 0.2) is 24.3 Å². The molecule has 6 nitrogen and oxygen atoms in total. The molecule has 1 aliphatic heterocycles. The molecular weight excluding hydrogens is 330 g/mol. The van der Waals surface area contributed by atoms with Gasteiger partial charge in [-0.3, -0.25) is 14.9 Å². The highest BCUT2D eigenvalue weighted by Crippen LogP contribution is 2.45. The lowest BCUT2D eigenvalue weighted by Gasteiger charge is -2.39. The van der Waals surface area contributed by atoms with Crippen molar-refractivity contribution in [2.45, 2.75) is 32.2 Å². The highest BCUT2D eigenvalue weighted by molar-refractivity contribution is 5.85. The summed E-state index contributed by atoms with van der Waals surface area (Å²) in [6, 6.07) is 6.65. The van der Waals surface area contributed by atoms with Gasteiger partial charge in [0, 0.05) is 25.2 Å².